The molecule has 2 aromatic heterocycles. The fraction of sp³-hybridized carbons (Fsp3) is 0.0500. The predicted molar refractivity (Wildman–Crippen MR) is 94.9 cm³/mol. The van der Waals surface area contributed by atoms with Crippen molar-refractivity contribution >= 4 is 5.78 Å². The van der Waals surface area contributed by atoms with Crippen molar-refractivity contribution in [2.75, 3.05) is 0 Å². The highest BCUT2D eigenvalue weighted by Gasteiger charge is 2.15. The number of ether oxygens (including phenoxy) is 2. The number of fused-ring (bicyclic) bond motifs is 1. The van der Waals surface area contributed by atoms with Crippen LogP contribution in [0.3, 0.4) is 0 Å². The van der Waals surface area contributed by atoms with Crippen LogP contribution in [-0.4, -0.2) is 14.4 Å². The summed E-state index contributed by atoms with van der Waals surface area (Å²) in [5.74, 6) is -2.96. The number of hydrogen-bond donors (Lipinski definition) is 0. The van der Waals surface area contributed by atoms with E-state index in [1.54, 1.807) is 35.1 Å². The summed E-state index contributed by atoms with van der Waals surface area (Å²) in [6, 6.07) is 8.63. The first-order valence-electron chi connectivity index (χ1n) is 8.31. The molecule has 4 aromatic rings. The van der Waals surface area contributed by atoms with Gasteiger partial charge in [0.2, 0.25) is 11.7 Å². The standard InChI is InChI=1S/C20H11F3N4O2/c21-15-9-14(2-1-13(15)10-24)29-19-16(22)7-12(8-17(19)23)11-28-18-3-5-27-6-4-25-20(27)26-18/h1-9H,11H2. The van der Waals surface area contributed by atoms with E-state index in [9.17, 15) is 13.2 Å². The van der Waals surface area contributed by atoms with Crippen molar-refractivity contribution in [3.8, 4) is 23.4 Å². The van der Waals surface area contributed by atoms with Crippen molar-refractivity contribution in [2.24, 2.45) is 0 Å². The molecule has 0 aliphatic carbocycles. The smallest absolute Gasteiger partial charge is 0.236 e. The quantitative estimate of drug-likeness (QED) is 0.500. The number of aromatic nitrogens is 3. The van der Waals surface area contributed by atoms with E-state index in [-0.39, 0.29) is 29.4 Å². The minimum atomic E-state index is -0.981. The predicted octanol–water partition coefficient (Wildman–Crippen LogP) is 4.39. The minimum absolute atomic E-state index is 0.135. The summed E-state index contributed by atoms with van der Waals surface area (Å²) >= 11 is 0. The molecule has 2 heterocycles. The van der Waals surface area contributed by atoms with Gasteiger partial charge in [0.1, 0.15) is 24.2 Å². The minimum Gasteiger partial charge on any atom is -0.473 e. The third-order valence-electron chi connectivity index (χ3n) is 3.96. The van der Waals surface area contributed by atoms with E-state index >= 15 is 0 Å². The Morgan fingerprint density at radius 3 is 2.52 bits per heavy atom. The Kier molecular flexibility index (Phi) is 4.75. The van der Waals surface area contributed by atoms with Crippen LogP contribution < -0.4 is 9.47 Å². The van der Waals surface area contributed by atoms with Crippen molar-refractivity contribution in [3.05, 3.63) is 83.6 Å². The number of rotatable bonds is 5. The number of nitrogens with zero attached hydrogens (tertiary/aromatic N) is 4. The zero-order valence-corrected chi connectivity index (χ0v) is 14.6. The molecule has 0 radical (unpaired) electrons. The average molecular weight is 396 g/mol. The van der Waals surface area contributed by atoms with E-state index in [2.05, 4.69) is 9.97 Å². The van der Waals surface area contributed by atoms with Gasteiger partial charge < -0.3 is 9.47 Å². The molecule has 29 heavy (non-hydrogen) atoms. The van der Waals surface area contributed by atoms with Crippen molar-refractivity contribution in [1.29, 1.82) is 5.26 Å². The summed E-state index contributed by atoms with van der Waals surface area (Å²) < 4.78 is 54.6. The van der Waals surface area contributed by atoms with Gasteiger partial charge in [0, 0.05) is 30.7 Å². The van der Waals surface area contributed by atoms with E-state index in [4.69, 9.17) is 14.7 Å². The first kappa shape index (κ1) is 18.3. The summed E-state index contributed by atoms with van der Waals surface area (Å²) in [6.07, 6.45) is 4.99. The lowest BCUT2D eigenvalue weighted by Crippen LogP contribution is -2.02. The molecule has 0 unspecified atom stereocenters. The van der Waals surface area contributed by atoms with Gasteiger partial charge in [0.15, 0.2) is 17.4 Å². The number of imidazole rings is 1. The molecule has 6 nitrogen and oxygen atoms in total. The maximum absolute atomic E-state index is 14.3. The SMILES string of the molecule is N#Cc1ccc(Oc2c(F)cc(COc3ccn4ccnc4n3)cc2F)cc1F. The fourth-order valence-corrected chi connectivity index (χ4v) is 2.59. The van der Waals surface area contributed by atoms with Gasteiger partial charge in [-0.05, 0) is 29.8 Å². The third-order valence-corrected chi connectivity index (χ3v) is 3.96. The number of hydrogen-bond acceptors (Lipinski definition) is 5. The molecule has 0 aliphatic heterocycles. The van der Waals surface area contributed by atoms with Gasteiger partial charge >= 0.3 is 0 Å². The molecular formula is C20H11F3N4O2. The van der Waals surface area contributed by atoms with Crippen molar-refractivity contribution in [1.82, 2.24) is 14.4 Å². The average Bonchev–Trinajstić information content (AvgIpc) is 3.17. The molecule has 0 spiro atoms. The Morgan fingerprint density at radius 1 is 1.00 bits per heavy atom. The highest BCUT2D eigenvalue weighted by Crippen LogP contribution is 2.30. The highest BCUT2D eigenvalue weighted by molar-refractivity contribution is 5.40. The molecule has 0 saturated heterocycles. The van der Waals surface area contributed by atoms with Crippen LogP contribution in [0.1, 0.15) is 11.1 Å². The second-order valence-corrected chi connectivity index (χ2v) is 5.93. The van der Waals surface area contributed by atoms with Crippen LogP contribution in [0, 0.1) is 28.8 Å². The fourth-order valence-electron chi connectivity index (χ4n) is 2.59. The zero-order valence-electron chi connectivity index (χ0n) is 14.6. The lowest BCUT2D eigenvalue weighted by molar-refractivity contribution is 0.292. The molecule has 144 valence electrons. The van der Waals surface area contributed by atoms with Crippen LogP contribution in [0.25, 0.3) is 5.78 Å². The van der Waals surface area contributed by atoms with Crippen LogP contribution in [0.2, 0.25) is 0 Å². The van der Waals surface area contributed by atoms with Gasteiger partial charge in [0.25, 0.3) is 0 Å². The second-order valence-electron chi connectivity index (χ2n) is 5.93. The molecule has 2 aromatic carbocycles. The first-order chi connectivity index (χ1) is 14.0. The summed E-state index contributed by atoms with van der Waals surface area (Å²) in [7, 11) is 0. The van der Waals surface area contributed by atoms with Crippen LogP contribution in [0.5, 0.6) is 17.4 Å². The molecule has 0 atom stereocenters. The second kappa shape index (κ2) is 7.52. The molecule has 0 saturated carbocycles. The van der Waals surface area contributed by atoms with E-state index in [0.717, 1.165) is 24.3 Å². The maximum atomic E-state index is 14.3. The Bertz CT molecular complexity index is 1230. The highest BCUT2D eigenvalue weighted by atomic mass is 19.1. The van der Waals surface area contributed by atoms with Crippen molar-refractivity contribution in [2.45, 2.75) is 6.61 Å². The summed E-state index contributed by atoms with van der Waals surface area (Å²) in [5.41, 5.74) is 0.0105. The Labute approximate surface area is 162 Å². The molecular weight excluding hydrogens is 385 g/mol. The lowest BCUT2D eigenvalue weighted by atomic mass is 10.2. The molecule has 4 rings (SSSR count). The molecule has 0 bridgehead atoms. The normalized spacial score (nSPS) is 10.7. The Hall–Kier alpha value is -4.06. The lowest BCUT2D eigenvalue weighted by Gasteiger charge is -2.11. The summed E-state index contributed by atoms with van der Waals surface area (Å²) in [5, 5.41) is 8.72. The van der Waals surface area contributed by atoms with Crippen molar-refractivity contribution < 1.29 is 22.6 Å². The van der Waals surface area contributed by atoms with Gasteiger partial charge in [-0.3, -0.25) is 4.40 Å². The first-order valence-corrected chi connectivity index (χ1v) is 8.31. The van der Waals surface area contributed by atoms with E-state index < -0.39 is 23.2 Å². The van der Waals surface area contributed by atoms with Gasteiger partial charge in [-0.15, -0.1) is 0 Å². The van der Waals surface area contributed by atoms with Crippen LogP contribution in [-0.2, 0) is 6.61 Å². The number of halogens is 3. The number of nitriles is 1. The molecule has 0 amide bonds. The number of benzene rings is 2. The van der Waals surface area contributed by atoms with Gasteiger partial charge in [-0.1, -0.05) is 0 Å². The Balaban J connectivity index is 1.50. The van der Waals surface area contributed by atoms with Crippen LogP contribution in [0.15, 0.2) is 55.0 Å². The molecule has 0 N–H and O–H groups in total. The van der Waals surface area contributed by atoms with Gasteiger partial charge in [0.05, 0.1) is 5.56 Å². The molecule has 9 heteroatoms. The molecule has 0 fully saturated rings. The monoisotopic (exact) mass is 396 g/mol. The topological polar surface area (TPSA) is 72.4 Å². The van der Waals surface area contributed by atoms with E-state index in [1.807, 2.05) is 0 Å². The van der Waals surface area contributed by atoms with E-state index in [0.29, 0.717) is 5.78 Å². The maximum Gasteiger partial charge on any atom is 0.236 e. The van der Waals surface area contributed by atoms with E-state index in [1.165, 1.54) is 6.07 Å². The van der Waals surface area contributed by atoms with Crippen molar-refractivity contribution in [3.63, 3.8) is 0 Å². The van der Waals surface area contributed by atoms with Crippen LogP contribution in [0.4, 0.5) is 13.2 Å². The zero-order chi connectivity index (χ0) is 20.4. The summed E-state index contributed by atoms with van der Waals surface area (Å²) in [6.45, 7) is -0.135. The van der Waals surface area contributed by atoms with Gasteiger partial charge in [-0.2, -0.15) is 10.2 Å². The third kappa shape index (κ3) is 3.82. The Morgan fingerprint density at radius 2 is 1.79 bits per heavy atom. The summed E-state index contributed by atoms with van der Waals surface area (Å²) in [4.78, 5) is 8.17. The largest absolute Gasteiger partial charge is 0.473 e. The molecule has 0 aliphatic rings. The van der Waals surface area contributed by atoms with Gasteiger partial charge in [-0.25, -0.2) is 18.2 Å². The van der Waals surface area contributed by atoms with Crippen LogP contribution >= 0.6 is 0 Å².